The Bertz CT molecular complexity index is 618. The van der Waals surface area contributed by atoms with Crippen LogP contribution in [0, 0.1) is 23.7 Å². The molecule has 3 rings (SSSR count). The third kappa shape index (κ3) is 2.54. The maximum absolute atomic E-state index is 12.6. The number of aliphatic carboxylic acids is 1. The minimum Gasteiger partial charge on any atom is -0.495 e. The summed E-state index contributed by atoms with van der Waals surface area (Å²) in [5, 5.41) is 12.7. The fraction of sp³-hybridized carbons (Fsp3) is 0.500. The molecule has 6 heteroatoms. The van der Waals surface area contributed by atoms with Crippen LogP contribution >= 0.6 is 11.6 Å². The van der Waals surface area contributed by atoms with E-state index in [-0.39, 0.29) is 17.7 Å². The molecule has 5 nitrogen and oxygen atoms in total. The molecule has 0 radical (unpaired) electrons. The minimum absolute atomic E-state index is 0.125. The number of carbonyl (C=O) groups excluding carboxylic acids is 1. The van der Waals surface area contributed by atoms with Gasteiger partial charge in [-0.1, -0.05) is 11.6 Å². The number of benzene rings is 1. The number of hydrogen-bond donors (Lipinski definition) is 2. The first-order valence-corrected chi connectivity index (χ1v) is 7.76. The van der Waals surface area contributed by atoms with Crippen molar-refractivity contribution in [2.24, 2.45) is 23.7 Å². The van der Waals surface area contributed by atoms with Crippen LogP contribution in [0.5, 0.6) is 5.75 Å². The van der Waals surface area contributed by atoms with E-state index in [0.717, 1.165) is 19.3 Å². The molecular formula is C16H18ClNO4. The Morgan fingerprint density at radius 3 is 2.59 bits per heavy atom. The third-order valence-corrected chi connectivity index (χ3v) is 5.16. The number of amides is 1. The molecule has 2 N–H and O–H groups in total. The van der Waals surface area contributed by atoms with Crippen molar-refractivity contribution in [1.29, 1.82) is 0 Å². The molecule has 2 saturated carbocycles. The maximum atomic E-state index is 12.6. The van der Waals surface area contributed by atoms with E-state index < -0.39 is 17.8 Å². The van der Waals surface area contributed by atoms with Gasteiger partial charge in [0.15, 0.2) is 0 Å². The molecular weight excluding hydrogens is 306 g/mol. The van der Waals surface area contributed by atoms with Gasteiger partial charge in [0.05, 0.1) is 24.6 Å². The number of methoxy groups -OCH3 is 1. The van der Waals surface area contributed by atoms with Crippen molar-refractivity contribution < 1.29 is 19.4 Å². The van der Waals surface area contributed by atoms with Crippen LogP contribution in [0.25, 0.3) is 0 Å². The van der Waals surface area contributed by atoms with Gasteiger partial charge in [0.1, 0.15) is 5.75 Å². The smallest absolute Gasteiger partial charge is 0.307 e. The van der Waals surface area contributed by atoms with Gasteiger partial charge in [-0.2, -0.15) is 0 Å². The first kappa shape index (κ1) is 15.2. The van der Waals surface area contributed by atoms with Crippen LogP contribution in [0.3, 0.4) is 0 Å². The van der Waals surface area contributed by atoms with Crippen LogP contribution in [-0.4, -0.2) is 24.1 Å². The van der Waals surface area contributed by atoms with Crippen molar-refractivity contribution in [2.75, 3.05) is 12.4 Å². The lowest BCUT2D eigenvalue weighted by Crippen LogP contribution is -2.37. The number of ether oxygens (including phenoxy) is 1. The number of halogens is 1. The SMILES string of the molecule is COc1ccc(Cl)cc1NC(=O)C1C2CCC(C2)C1C(=O)O. The summed E-state index contributed by atoms with van der Waals surface area (Å²) in [5.41, 5.74) is 0.479. The lowest BCUT2D eigenvalue weighted by atomic mass is 9.78. The Morgan fingerprint density at radius 1 is 1.27 bits per heavy atom. The third-order valence-electron chi connectivity index (χ3n) is 4.92. The molecule has 1 aromatic rings. The highest BCUT2D eigenvalue weighted by molar-refractivity contribution is 6.31. The molecule has 22 heavy (non-hydrogen) atoms. The number of anilines is 1. The average Bonchev–Trinajstić information content (AvgIpc) is 3.08. The first-order chi connectivity index (χ1) is 10.5. The summed E-state index contributed by atoms with van der Waals surface area (Å²) in [5.74, 6) is -1.38. The molecule has 2 fully saturated rings. The van der Waals surface area contributed by atoms with Crippen LogP contribution in [0.1, 0.15) is 19.3 Å². The molecule has 2 aliphatic rings. The highest BCUT2D eigenvalue weighted by Gasteiger charge is 2.54. The summed E-state index contributed by atoms with van der Waals surface area (Å²) < 4.78 is 5.21. The summed E-state index contributed by atoms with van der Waals surface area (Å²) >= 11 is 5.96. The van der Waals surface area contributed by atoms with Crippen molar-refractivity contribution in [2.45, 2.75) is 19.3 Å². The number of carboxylic acids is 1. The second-order valence-corrected chi connectivity index (χ2v) is 6.49. The number of rotatable bonds is 4. The van der Waals surface area contributed by atoms with Gasteiger partial charge < -0.3 is 15.2 Å². The maximum Gasteiger partial charge on any atom is 0.307 e. The molecule has 1 amide bonds. The predicted molar refractivity (Wildman–Crippen MR) is 82.1 cm³/mol. The van der Waals surface area contributed by atoms with Gasteiger partial charge in [0.25, 0.3) is 0 Å². The topological polar surface area (TPSA) is 75.6 Å². The summed E-state index contributed by atoms with van der Waals surface area (Å²) in [6, 6.07) is 4.96. The zero-order chi connectivity index (χ0) is 15.9. The van der Waals surface area contributed by atoms with Gasteiger partial charge in [-0.15, -0.1) is 0 Å². The molecule has 2 aliphatic carbocycles. The normalized spacial score (nSPS) is 29.4. The highest BCUT2D eigenvalue weighted by atomic mass is 35.5. The molecule has 0 aliphatic heterocycles. The van der Waals surface area contributed by atoms with E-state index in [1.807, 2.05) is 0 Å². The van der Waals surface area contributed by atoms with Gasteiger partial charge in [-0.05, 0) is 49.3 Å². The number of fused-ring (bicyclic) bond motifs is 2. The molecule has 4 atom stereocenters. The zero-order valence-electron chi connectivity index (χ0n) is 12.2. The van der Waals surface area contributed by atoms with E-state index in [1.54, 1.807) is 18.2 Å². The Labute approximate surface area is 133 Å². The fourth-order valence-corrected chi connectivity index (χ4v) is 4.19. The molecule has 0 saturated heterocycles. The molecule has 0 spiro atoms. The Hall–Kier alpha value is -1.75. The summed E-state index contributed by atoms with van der Waals surface area (Å²) in [7, 11) is 1.51. The van der Waals surface area contributed by atoms with E-state index >= 15 is 0 Å². The van der Waals surface area contributed by atoms with E-state index in [1.165, 1.54) is 7.11 Å². The van der Waals surface area contributed by atoms with Gasteiger partial charge in [0, 0.05) is 5.02 Å². The van der Waals surface area contributed by atoms with E-state index in [9.17, 15) is 14.7 Å². The standard InChI is InChI=1S/C16H18ClNO4/c1-22-12-5-4-10(17)7-11(12)18-15(19)13-8-2-3-9(6-8)14(13)16(20)21/h4-5,7-9,13-14H,2-3,6H2,1H3,(H,18,19)(H,20,21). The van der Waals surface area contributed by atoms with Crippen LogP contribution in [0.2, 0.25) is 5.02 Å². The van der Waals surface area contributed by atoms with Gasteiger partial charge in [0.2, 0.25) is 5.91 Å². The van der Waals surface area contributed by atoms with Crippen molar-refractivity contribution in [1.82, 2.24) is 0 Å². The van der Waals surface area contributed by atoms with Crippen molar-refractivity contribution in [3.63, 3.8) is 0 Å². The molecule has 118 valence electrons. The largest absolute Gasteiger partial charge is 0.495 e. The summed E-state index contributed by atoms with van der Waals surface area (Å²) in [4.78, 5) is 24.1. The van der Waals surface area contributed by atoms with E-state index in [2.05, 4.69) is 5.32 Å². The van der Waals surface area contributed by atoms with Crippen LogP contribution in [0.15, 0.2) is 18.2 Å². The second kappa shape index (κ2) is 5.80. The molecule has 0 aromatic heterocycles. The molecule has 1 aromatic carbocycles. The lowest BCUT2D eigenvalue weighted by Gasteiger charge is -2.27. The molecule has 2 bridgehead atoms. The van der Waals surface area contributed by atoms with Crippen molar-refractivity contribution in [3.8, 4) is 5.75 Å². The average molecular weight is 324 g/mol. The quantitative estimate of drug-likeness (QED) is 0.893. The van der Waals surface area contributed by atoms with Crippen LogP contribution < -0.4 is 10.1 Å². The Balaban J connectivity index is 1.82. The fourth-order valence-electron chi connectivity index (χ4n) is 4.02. The number of hydrogen-bond acceptors (Lipinski definition) is 3. The molecule has 4 unspecified atom stereocenters. The Kier molecular flexibility index (Phi) is 4.00. The van der Waals surface area contributed by atoms with Gasteiger partial charge >= 0.3 is 5.97 Å². The van der Waals surface area contributed by atoms with Crippen molar-refractivity contribution >= 4 is 29.2 Å². The Morgan fingerprint density at radius 2 is 1.95 bits per heavy atom. The summed E-state index contributed by atoms with van der Waals surface area (Å²) in [6.07, 6.45) is 2.67. The zero-order valence-corrected chi connectivity index (χ0v) is 13.0. The van der Waals surface area contributed by atoms with Gasteiger partial charge in [-0.25, -0.2) is 0 Å². The number of nitrogens with one attached hydrogen (secondary N) is 1. The van der Waals surface area contributed by atoms with Crippen molar-refractivity contribution in [3.05, 3.63) is 23.2 Å². The lowest BCUT2D eigenvalue weighted by molar-refractivity contribution is -0.148. The number of carbonyl (C=O) groups is 2. The number of carboxylic acid groups (broad SMARTS) is 1. The summed E-state index contributed by atoms with van der Waals surface area (Å²) in [6.45, 7) is 0. The van der Waals surface area contributed by atoms with E-state index in [4.69, 9.17) is 16.3 Å². The monoisotopic (exact) mass is 323 g/mol. The predicted octanol–water partition coefficient (Wildman–Crippen LogP) is 3.03. The molecule has 0 heterocycles. The highest BCUT2D eigenvalue weighted by Crippen LogP contribution is 2.52. The van der Waals surface area contributed by atoms with Crippen LogP contribution in [-0.2, 0) is 9.59 Å². The second-order valence-electron chi connectivity index (χ2n) is 6.06. The van der Waals surface area contributed by atoms with E-state index in [0.29, 0.717) is 16.5 Å². The minimum atomic E-state index is -0.870. The first-order valence-electron chi connectivity index (χ1n) is 7.38. The van der Waals surface area contributed by atoms with Gasteiger partial charge in [-0.3, -0.25) is 9.59 Å². The van der Waals surface area contributed by atoms with Crippen LogP contribution in [0.4, 0.5) is 5.69 Å².